The van der Waals surface area contributed by atoms with Crippen LogP contribution in [0.5, 0.6) is 5.75 Å². The predicted molar refractivity (Wildman–Crippen MR) is 126 cm³/mol. The van der Waals surface area contributed by atoms with Gasteiger partial charge in [0.05, 0.1) is 12.7 Å². The van der Waals surface area contributed by atoms with Crippen molar-refractivity contribution in [3.8, 4) is 5.75 Å². The number of rotatable bonds is 9. The fourth-order valence-corrected chi connectivity index (χ4v) is 5.28. The molecule has 0 aliphatic carbocycles. The number of benzene rings is 2. The average molecular weight is 488 g/mol. The van der Waals surface area contributed by atoms with Gasteiger partial charge >= 0.3 is 0 Å². The molecule has 9 nitrogen and oxygen atoms in total. The van der Waals surface area contributed by atoms with Gasteiger partial charge in [0, 0.05) is 25.6 Å². The van der Waals surface area contributed by atoms with Gasteiger partial charge in [-0.2, -0.15) is 0 Å². The molecule has 0 saturated heterocycles. The number of ether oxygens (including phenoxy) is 1. The van der Waals surface area contributed by atoms with Gasteiger partial charge < -0.3 is 15.0 Å². The number of fused-ring (bicyclic) bond motifs is 1. The molecule has 34 heavy (non-hydrogen) atoms. The van der Waals surface area contributed by atoms with Crippen molar-refractivity contribution in [3.05, 3.63) is 59.7 Å². The second-order valence-electron chi connectivity index (χ2n) is 8.34. The van der Waals surface area contributed by atoms with Gasteiger partial charge in [0.2, 0.25) is 11.8 Å². The van der Waals surface area contributed by atoms with Gasteiger partial charge in [-0.15, -0.1) is 0 Å². The lowest BCUT2D eigenvalue weighted by molar-refractivity contribution is -0.140. The highest BCUT2D eigenvalue weighted by atomic mass is 32.2. The van der Waals surface area contributed by atoms with Crippen molar-refractivity contribution < 1.29 is 27.5 Å². The maximum absolute atomic E-state index is 13.2. The SMILES string of the molecule is COc1ccc(CN(C(=O)CCN2C(=O)c3ccccc3S2(=O)=O)C(C)C(=O)NC(C)C)cc1. The van der Waals surface area contributed by atoms with Crippen molar-refractivity contribution in [1.29, 1.82) is 0 Å². The quantitative estimate of drug-likeness (QED) is 0.580. The van der Waals surface area contributed by atoms with Crippen LogP contribution in [-0.2, 0) is 26.2 Å². The fourth-order valence-electron chi connectivity index (χ4n) is 3.71. The van der Waals surface area contributed by atoms with Crippen LogP contribution in [0.4, 0.5) is 0 Å². The second kappa shape index (κ2) is 10.3. The van der Waals surface area contributed by atoms with Gasteiger partial charge in [-0.1, -0.05) is 24.3 Å². The Balaban J connectivity index is 1.79. The maximum atomic E-state index is 13.2. The Hall–Kier alpha value is -3.40. The topological polar surface area (TPSA) is 113 Å². The Morgan fingerprint density at radius 2 is 1.71 bits per heavy atom. The van der Waals surface area contributed by atoms with E-state index in [4.69, 9.17) is 4.74 Å². The summed E-state index contributed by atoms with van der Waals surface area (Å²) in [7, 11) is -2.47. The predicted octanol–water partition coefficient (Wildman–Crippen LogP) is 2.17. The summed E-state index contributed by atoms with van der Waals surface area (Å²) in [6, 6.07) is 12.1. The summed E-state index contributed by atoms with van der Waals surface area (Å²) in [5.41, 5.74) is 0.866. The molecule has 3 amide bonds. The zero-order chi connectivity index (χ0) is 25.0. The Morgan fingerprint density at radius 1 is 1.06 bits per heavy atom. The van der Waals surface area contributed by atoms with E-state index in [1.165, 1.54) is 17.0 Å². The Labute approximate surface area is 199 Å². The van der Waals surface area contributed by atoms with Crippen molar-refractivity contribution >= 4 is 27.7 Å². The van der Waals surface area contributed by atoms with E-state index in [1.807, 2.05) is 13.8 Å². The Bertz CT molecular complexity index is 1180. The van der Waals surface area contributed by atoms with E-state index < -0.39 is 27.9 Å². The van der Waals surface area contributed by atoms with E-state index in [2.05, 4.69) is 5.32 Å². The minimum absolute atomic E-state index is 0.0628. The first kappa shape index (κ1) is 25.2. The van der Waals surface area contributed by atoms with E-state index in [1.54, 1.807) is 50.4 Å². The van der Waals surface area contributed by atoms with Crippen LogP contribution in [0.1, 0.15) is 43.1 Å². The number of sulfonamides is 1. The highest BCUT2D eigenvalue weighted by molar-refractivity contribution is 7.90. The minimum Gasteiger partial charge on any atom is -0.497 e. The fraction of sp³-hybridized carbons (Fsp3) is 0.375. The lowest BCUT2D eigenvalue weighted by atomic mass is 10.1. The third-order valence-corrected chi connectivity index (χ3v) is 7.39. The van der Waals surface area contributed by atoms with Crippen LogP contribution in [-0.4, -0.2) is 61.1 Å². The number of hydrogen-bond acceptors (Lipinski definition) is 6. The van der Waals surface area contributed by atoms with Gasteiger partial charge in [0.15, 0.2) is 0 Å². The molecule has 0 aromatic heterocycles. The van der Waals surface area contributed by atoms with E-state index in [-0.39, 0.29) is 41.9 Å². The first-order valence-corrected chi connectivity index (χ1v) is 12.4. The number of carbonyl (C=O) groups is 3. The van der Waals surface area contributed by atoms with E-state index >= 15 is 0 Å². The molecule has 0 fully saturated rings. The summed E-state index contributed by atoms with van der Waals surface area (Å²) in [5, 5.41) is 2.80. The van der Waals surface area contributed by atoms with Gasteiger partial charge in [-0.3, -0.25) is 14.4 Å². The van der Waals surface area contributed by atoms with Crippen LogP contribution >= 0.6 is 0 Å². The molecule has 1 heterocycles. The maximum Gasteiger partial charge on any atom is 0.269 e. The lowest BCUT2D eigenvalue weighted by Crippen LogP contribution is -2.49. The van der Waals surface area contributed by atoms with Crippen LogP contribution in [0.3, 0.4) is 0 Å². The molecule has 2 aromatic rings. The van der Waals surface area contributed by atoms with Gasteiger partial charge in [-0.25, -0.2) is 12.7 Å². The molecular weight excluding hydrogens is 458 g/mol. The molecule has 0 saturated carbocycles. The first-order valence-electron chi connectivity index (χ1n) is 10.9. The zero-order valence-electron chi connectivity index (χ0n) is 19.6. The molecule has 1 aliphatic rings. The molecule has 1 aliphatic heterocycles. The van der Waals surface area contributed by atoms with E-state index in [9.17, 15) is 22.8 Å². The molecule has 1 atom stereocenters. The van der Waals surface area contributed by atoms with Crippen molar-refractivity contribution in [3.63, 3.8) is 0 Å². The van der Waals surface area contributed by atoms with Crippen molar-refractivity contribution in [2.45, 2.75) is 50.7 Å². The Kier molecular flexibility index (Phi) is 7.61. The summed E-state index contributed by atoms with van der Waals surface area (Å²) in [6.45, 7) is 5.08. The molecular formula is C24H29N3O6S. The van der Waals surface area contributed by atoms with Crippen LogP contribution in [0, 0.1) is 0 Å². The number of amides is 3. The molecule has 0 radical (unpaired) electrons. The molecule has 1 N–H and O–H groups in total. The molecule has 0 spiro atoms. The van der Waals surface area contributed by atoms with E-state index in [0.29, 0.717) is 5.75 Å². The summed E-state index contributed by atoms with van der Waals surface area (Å²) >= 11 is 0. The van der Waals surface area contributed by atoms with Gasteiger partial charge in [0.1, 0.15) is 16.7 Å². The summed E-state index contributed by atoms with van der Waals surface area (Å²) in [5.74, 6) is -0.768. The molecule has 1 unspecified atom stereocenters. The standard InChI is InChI=1S/C24H29N3O6S/c1-16(2)25-23(29)17(3)26(15-18-9-11-19(33-4)12-10-18)22(28)13-14-27-24(30)20-7-5-6-8-21(20)34(27,31)32/h5-12,16-17H,13-15H2,1-4H3,(H,25,29). The number of carbonyl (C=O) groups excluding carboxylic acids is 3. The third kappa shape index (κ3) is 5.22. The normalized spacial score (nSPS) is 15.1. The first-order chi connectivity index (χ1) is 16.1. The van der Waals surface area contributed by atoms with E-state index in [0.717, 1.165) is 9.87 Å². The largest absolute Gasteiger partial charge is 0.497 e. The molecule has 2 aromatic carbocycles. The van der Waals surface area contributed by atoms with Crippen molar-refractivity contribution in [1.82, 2.24) is 14.5 Å². The molecule has 3 rings (SSSR count). The Morgan fingerprint density at radius 3 is 2.29 bits per heavy atom. The average Bonchev–Trinajstić information content (AvgIpc) is 3.00. The van der Waals surface area contributed by atoms with Crippen LogP contribution in [0.25, 0.3) is 0 Å². The highest BCUT2D eigenvalue weighted by Gasteiger charge is 2.41. The number of nitrogens with zero attached hydrogens (tertiary/aromatic N) is 2. The van der Waals surface area contributed by atoms with Gasteiger partial charge in [0.25, 0.3) is 15.9 Å². The number of hydrogen-bond donors (Lipinski definition) is 1. The smallest absolute Gasteiger partial charge is 0.269 e. The molecule has 182 valence electrons. The number of methoxy groups -OCH3 is 1. The highest BCUT2D eigenvalue weighted by Crippen LogP contribution is 2.30. The summed E-state index contributed by atoms with van der Waals surface area (Å²) in [6.07, 6.45) is -0.256. The van der Waals surface area contributed by atoms with Crippen LogP contribution in [0.2, 0.25) is 0 Å². The monoisotopic (exact) mass is 487 g/mol. The van der Waals surface area contributed by atoms with Crippen molar-refractivity contribution in [2.24, 2.45) is 0 Å². The van der Waals surface area contributed by atoms with Crippen LogP contribution < -0.4 is 10.1 Å². The summed E-state index contributed by atoms with van der Waals surface area (Å²) < 4.78 is 31.5. The number of nitrogens with one attached hydrogen (secondary N) is 1. The summed E-state index contributed by atoms with van der Waals surface area (Å²) in [4.78, 5) is 39.9. The molecule has 10 heteroatoms. The minimum atomic E-state index is -4.02. The lowest BCUT2D eigenvalue weighted by Gasteiger charge is -2.30. The molecule has 0 bridgehead atoms. The van der Waals surface area contributed by atoms with Crippen LogP contribution in [0.15, 0.2) is 53.4 Å². The second-order valence-corrected chi connectivity index (χ2v) is 10.2. The van der Waals surface area contributed by atoms with Crippen molar-refractivity contribution in [2.75, 3.05) is 13.7 Å². The van der Waals surface area contributed by atoms with Gasteiger partial charge in [-0.05, 0) is 50.6 Å². The zero-order valence-corrected chi connectivity index (χ0v) is 20.5. The third-order valence-electron chi connectivity index (χ3n) is 5.55.